The molecule has 0 saturated carbocycles. The van der Waals surface area contributed by atoms with Gasteiger partial charge >= 0.3 is 0 Å². The lowest BCUT2D eigenvalue weighted by molar-refractivity contribution is 0.644. The van der Waals surface area contributed by atoms with E-state index in [0.29, 0.717) is 0 Å². The molecule has 1 aromatic heterocycles. The van der Waals surface area contributed by atoms with Crippen LogP contribution in [0.3, 0.4) is 0 Å². The Bertz CT molecular complexity index is 494. The molecule has 0 radical (unpaired) electrons. The molecular formula is C13H13N3. The predicted octanol–water partition coefficient (Wildman–Crippen LogP) is 1.79. The number of hydrogen-bond acceptors (Lipinski definition) is 3. The van der Waals surface area contributed by atoms with Gasteiger partial charge in [0.05, 0.1) is 0 Å². The van der Waals surface area contributed by atoms with Gasteiger partial charge in [0.2, 0.25) is 0 Å². The van der Waals surface area contributed by atoms with Gasteiger partial charge in [0.25, 0.3) is 0 Å². The van der Waals surface area contributed by atoms with Crippen molar-refractivity contribution in [3.05, 3.63) is 48.0 Å². The summed E-state index contributed by atoms with van der Waals surface area (Å²) in [7, 11) is 0. The van der Waals surface area contributed by atoms with Gasteiger partial charge in [-0.2, -0.15) is 0 Å². The van der Waals surface area contributed by atoms with Crippen LogP contribution in [0.15, 0.2) is 36.9 Å². The van der Waals surface area contributed by atoms with Crippen molar-refractivity contribution < 1.29 is 0 Å². The first-order valence-corrected chi connectivity index (χ1v) is 5.51. The quantitative estimate of drug-likeness (QED) is 0.781. The molecule has 3 heteroatoms. The number of aromatic nitrogens is 2. The van der Waals surface area contributed by atoms with Crippen molar-refractivity contribution in [2.24, 2.45) is 0 Å². The van der Waals surface area contributed by atoms with Crippen molar-refractivity contribution in [1.82, 2.24) is 15.3 Å². The molecule has 0 saturated heterocycles. The average molecular weight is 211 g/mol. The number of nitrogens with zero attached hydrogens (tertiary/aromatic N) is 2. The fourth-order valence-electron chi connectivity index (χ4n) is 2.10. The largest absolute Gasteiger partial charge is 0.312 e. The highest BCUT2D eigenvalue weighted by molar-refractivity contribution is 5.63. The maximum absolute atomic E-state index is 4.05. The zero-order valence-electron chi connectivity index (χ0n) is 8.98. The zero-order valence-corrected chi connectivity index (χ0v) is 8.98. The first kappa shape index (κ1) is 9.48. The molecule has 1 N–H and O–H groups in total. The molecule has 0 fully saturated rings. The summed E-state index contributed by atoms with van der Waals surface area (Å²) in [5.74, 6) is 0. The van der Waals surface area contributed by atoms with E-state index in [0.717, 1.165) is 25.1 Å². The molecule has 0 spiro atoms. The summed E-state index contributed by atoms with van der Waals surface area (Å²) in [6, 6.07) is 6.60. The third kappa shape index (κ3) is 1.70. The summed E-state index contributed by atoms with van der Waals surface area (Å²) in [6.45, 7) is 2.06. The molecule has 3 rings (SSSR count). The number of benzene rings is 1. The molecule has 0 bridgehead atoms. The highest BCUT2D eigenvalue weighted by Gasteiger charge is 2.09. The third-order valence-electron chi connectivity index (χ3n) is 2.99. The number of nitrogens with one attached hydrogen (secondary N) is 1. The van der Waals surface area contributed by atoms with Crippen molar-refractivity contribution in [2.45, 2.75) is 13.0 Å². The standard InChI is InChI=1S/C13H13N3/c1-2-12-6-14-4-3-11(12)5-10(1)13-7-15-9-16-8-13/h1-2,5,7-9,14H,3-4,6H2. The van der Waals surface area contributed by atoms with E-state index in [4.69, 9.17) is 0 Å². The minimum absolute atomic E-state index is 0.987. The van der Waals surface area contributed by atoms with Crippen LogP contribution in [0.25, 0.3) is 11.1 Å². The summed E-state index contributed by atoms with van der Waals surface area (Å²) >= 11 is 0. The van der Waals surface area contributed by atoms with Gasteiger partial charge in [-0.15, -0.1) is 0 Å². The molecule has 1 aliphatic heterocycles. The van der Waals surface area contributed by atoms with Gasteiger partial charge in [0, 0.05) is 24.5 Å². The second-order valence-electron chi connectivity index (χ2n) is 4.04. The topological polar surface area (TPSA) is 37.8 Å². The summed E-state index contributed by atoms with van der Waals surface area (Å²) in [6.07, 6.45) is 6.38. The van der Waals surface area contributed by atoms with Crippen molar-refractivity contribution >= 4 is 0 Å². The van der Waals surface area contributed by atoms with Gasteiger partial charge in [-0.3, -0.25) is 0 Å². The van der Waals surface area contributed by atoms with E-state index in [2.05, 4.69) is 33.5 Å². The van der Waals surface area contributed by atoms with Gasteiger partial charge in [0.15, 0.2) is 0 Å². The SMILES string of the molecule is c1ncc(-c2ccc3c(c2)CCNC3)cn1. The van der Waals surface area contributed by atoms with E-state index in [1.165, 1.54) is 16.7 Å². The Morgan fingerprint density at radius 3 is 2.75 bits per heavy atom. The van der Waals surface area contributed by atoms with Crippen LogP contribution in [-0.4, -0.2) is 16.5 Å². The van der Waals surface area contributed by atoms with E-state index < -0.39 is 0 Å². The molecule has 3 nitrogen and oxygen atoms in total. The predicted molar refractivity (Wildman–Crippen MR) is 62.9 cm³/mol. The summed E-state index contributed by atoms with van der Waals surface area (Å²) in [5.41, 5.74) is 5.15. The van der Waals surface area contributed by atoms with Crippen LogP contribution in [0.2, 0.25) is 0 Å². The van der Waals surface area contributed by atoms with E-state index in [1.54, 1.807) is 6.33 Å². The van der Waals surface area contributed by atoms with Gasteiger partial charge in [-0.25, -0.2) is 9.97 Å². The average Bonchev–Trinajstić information content (AvgIpc) is 2.39. The molecule has 0 amide bonds. The number of rotatable bonds is 1. The molecule has 0 atom stereocenters. The van der Waals surface area contributed by atoms with Crippen molar-refractivity contribution in [3.8, 4) is 11.1 Å². The summed E-state index contributed by atoms with van der Waals surface area (Å²) in [4.78, 5) is 8.10. The van der Waals surface area contributed by atoms with E-state index in [-0.39, 0.29) is 0 Å². The molecule has 2 heterocycles. The van der Waals surface area contributed by atoms with Gasteiger partial charge in [-0.05, 0) is 29.7 Å². The maximum atomic E-state index is 4.05. The van der Waals surface area contributed by atoms with Crippen molar-refractivity contribution in [3.63, 3.8) is 0 Å². The molecule has 0 unspecified atom stereocenters. The lowest BCUT2D eigenvalue weighted by Crippen LogP contribution is -2.23. The second kappa shape index (κ2) is 4.02. The Morgan fingerprint density at radius 2 is 1.88 bits per heavy atom. The Morgan fingerprint density at radius 1 is 1.00 bits per heavy atom. The Hall–Kier alpha value is -1.74. The lowest BCUT2D eigenvalue weighted by atomic mass is 9.96. The molecule has 16 heavy (non-hydrogen) atoms. The highest BCUT2D eigenvalue weighted by Crippen LogP contribution is 2.22. The van der Waals surface area contributed by atoms with Crippen LogP contribution in [0.1, 0.15) is 11.1 Å². The van der Waals surface area contributed by atoms with E-state index in [9.17, 15) is 0 Å². The fourth-order valence-corrected chi connectivity index (χ4v) is 2.10. The van der Waals surface area contributed by atoms with Crippen LogP contribution in [0.5, 0.6) is 0 Å². The lowest BCUT2D eigenvalue weighted by Gasteiger charge is -2.17. The zero-order chi connectivity index (χ0) is 10.8. The summed E-state index contributed by atoms with van der Waals surface area (Å²) in [5, 5.41) is 3.38. The first-order valence-electron chi connectivity index (χ1n) is 5.51. The Labute approximate surface area is 94.6 Å². The smallest absolute Gasteiger partial charge is 0.115 e. The van der Waals surface area contributed by atoms with Gasteiger partial charge < -0.3 is 5.32 Å². The van der Waals surface area contributed by atoms with Gasteiger partial charge in [0.1, 0.15) is 6.33 Å². The maximum Gasteiger partial charge on any atom is 0.115 e. The van der Waals surface area contributed by atoms with E-state index >= 15 is 0 Å². The van der Waals surface area contributed by atoms with Crippen LogP contribution >= 0.6 is 0 Å². The molecule has 0 aliphatic carbocycles. The van der Waals surface area contributed by atoms with Crippen LogP contribution < -0.4 is 5.32 Å². The van der Waals surface area contributed by atoms with Crippen molar-refractivity contribution in [2.75, 3.05) is 6.54 Å². The van der Waals surface area contributed by atoms with Gasteiger partial charge in [-0.1, -0.05) is 18.2 Å². The molecule has 1 aromatic carbocycles. The minimum atomic E-state index is 0.987. The fraction of sp³-hybridized carbons (Fsp3) is 0.231. The Balaban J connectivity index is 2.03. The van der Waals surface area contributed by atoms with Crippen LogP contribution in [0, 0.1) is 0 Å². The van der Waals surface area contributed by atoms with Crippen LogP contribution in [0.4, 0.5) is 0 Å². The number of fused-ring (bicyclic) bond motifs is 1. The first-order chi connectivity index (χ1) is 7.93. The second-order valence-corrected chi connectivity index (χ2v) is 4.04. The Kier molecular flexibility index (Phi) is 2.38. The molecular weight excluding hydrogens is 198 g/mol. The molecule has 2 aromatic rings. The minimum Gasteiger partial charge on any atom is -0.312 e. The highest BCUT2D eigenvalue weighted by atomic mass is 14.9. The molecule has 80 valence electrons. The summed E-state index contributed by atoms with van der Waals surface area (Å²) < 4.78 is 0. The van der Waals surface area contributed by atoms with Crippen LogP contribution in [-0.2, 0) is 13.0 Å². The third-order valence-corrected chi connectivity index (χ3v) is 2.99. The van der Waals surface area contributed by atoms with E-state index in [1.807, 2.05) is 12.4 Å². The molecule has 1 aliphatic rings. The monoisotopic (exact) mass is 211 g/mol. The normalized spacial score (nSPS) is 14.5. The number of hydrogen-bond donors (Lipinski definition) is 1. The van der Waals surface area contributed by atoms with Crippen molar-refractivity contribution in [1.29, 1.82) is 0 Å².